The van der Waals surface area contributed by atoms with Gasteiger partial charge in [-0.1, -0.05) is 0 Å². The Morgan fingerprint density at radius 2 is 1.58 bits per heavy atom. The monoisotopic (exact) mass is 364 g/mol. The highest BCUT2D eigenvalue weighted by Gasteiger charge is 2.60. The maximum atomic E-state index is 13.1. The van der Waals surface area contributed by atoms with Crippen LogP contribution in [0.15, 0.2) is 0 Å². The first-order valence-electron chi connectivity index (χ1n) is 10.3. The van der Waals surface area contributed by atoms with E-state index in [4.69, 9.17) is 9.47 Å². The molecule has 26 heavy (non-hydrogen) atoms. The van der Waals surface area contributed by atoms with Crippen molar-refractivity contribution in [1.29, 1.82) is 0 Å². The second kappa shape index (κ2) is 7.12. The quantitative estimate of drug-likeness (QED) is 0.767. The lowest BCUT2D eigenvalue weighted by Crippen LogP contribution is -2.55. The van der Waals surface area contributed by atoms with E-state index in [2.05, 4.69) is 4.90 Å². The van der Waals surface area contributed by atoms with E-state index in [9.17, 15) is 9.59 Å². The highest BCUT2D eigenvalue weighted by atomic mass is 16.5. The van der Waals surface area contributed by atoms with Gasteiger partial charge in [0, 0.05) is 65.3 Å². The first-order valence-corrected chi connectivity index (χ1v) is 10.3. The Morgan fingerprint density at radius 1 is 0.923 bits per heavy atom. The average molecular weight is 364 g/mol. The van der Waals surface area contributed by atoms with Crippen LogP contribution >= 0.6 is 0 Å². The summed E-state index contributed by atoms with van der Waals surface area (Å²) >= 11 is 0. The molecule has 1 aliphatic carbocycles. The van der Waals surface area contributed by atoms with E-state index in [1.807, 2.05) is 4.90 Å². The lowest BCUT2D eigenvalue weighted by Gasteiger charge is -2.41. The third-order valence-electron chi connectivity index (χ3n) is 7.28. The number of hydrogen-bond acceptors (Lipinski definition) is 4. The summed E-state index contributed by atoms with van der Waals surface area (Å²) in [6.45, 7) is 4.57. The van der Waals surface area contributed by atoms with Crippen LogP contribution in [0, 0.1) is 11.3 Å². The number of hydrogen-bond donors (Lipinski definition) is 0. The van der Waals surface area contributed by atoms with Crippen LogP contribution < -0.4 is 0 Å². The van der Waals surface area contributed by atoms with Crippen molar-refractivity contribution in [1.82, 2.24) is 9.80 Å². The molecule has 4 fully saturated rings. The summed E-state index contributed by atoms with van der Waals surface area (Å²) in [5.74, 6) is 0.706. The Labute approximate surface area is 156 Å². The van der Waals surface area contributed by atoms with Gasteiger partial charge in [-0.15, -0.1) is 0 Å². The number of carbonyl (C=O) groups excluding carboxylic acids is 2. The minimum absolute atomic E-state index is 0.123. The Kier molecular flexibility index (Phi) is 4.99. The first-order chi connectivity index (χ1) is 12.6. The molecular formula is C20H32N2O4. The van der Waals surface area contributed by atoms with Crippen LogP contribution in [-0.4, -0.2) is 73.7 Å². The van der Waals surface area contributed by atoms with Gasteiger partial charge < -0.3 is 19.3 Å². The van der Waals surface area contributed by atoms with E-state index in [1.165, 1.54) is 6.42 Å². The molecule has 3 saturated heterocycles. The van der Waals surface area contributed by atoms with Gasteiger partial charge in [0.15, 0.2) is 5.60 Å². The maximum Gasteiger partial charge on any atom is 0.254 e. The van der Waals surface area contributed by atoms with Gasteiger partial charge in [-0.05, 0) is 43.9 Å². The van der Waals surface area contributed by atoms with Crippen molar-refractivity contribution in [3.63, 3.8) is 0 Å². The van der Waals surface area contributed by atoms with Crippen LogP contribution in [0.1, 0.15) is 51.4 Å². The van der Waals surface area contributed by atoms with Crippen LogP contribution in [0.5, 0.6) is 0 Å². The molecule has 0 aromatic heterocycles. The minimum Gasteiger partial charge on any atom is -0.381 e. The molecule has 3 heterocycles. The molecule has 1 saturated carbocycles. The highest BCUT2D eigenvalue weighted by molar-refractivity contribution is 5.86. The largest absolute Gasteiger partial charge is 0.381 e. The molecule has 0 radical (unpaired) electrons. The topological polar surface area (TPSA) is 59.1 Å². The van der Waals surface area contributed by atoms with Gasteiger partial charge in [0.1, 0.15) is 0 Å². The van der Waals surface area contributed by atoms with Crippen molar-refractivity contribution in [2.45, 2.75) is 57.0 Å². The van der Waals surface area contributed by atoms with Gasteiger partial charge in [0.2, 0.25) is 5.91 Å². The van der Waals surface area contributed by atoms with Crippen molar-refractivity contribution in [3.8, 4) is 0 Å². The van der Waals surface area contributed by atoms with E-state index < -0.39 is 5.60 Å². The SMILES string of the molecule is COC1(C(=O)N2CCC3(CC2)CC3C(=O)N2CCCCC2)CCOCC1. The predicted octanol–water partition coefficient (Wildman–Crippen LogP) is 1.82. The highest BCUT2D eigenvalue weighted by Crippen LogP contribution is 2.60. The summed E-state index contributed by atoms with van der Waals surface area (Å²) < 4.78 is 11.1. The first kappa shape index (κ1) is 18.2. The Morgan fingerprint density at radius 3 is 2.19 bits per heavy atom. The molecule has 6 nitrogen and oxygen atoms in total. The fraction of sp³-hybridized carbons (Fsp3) is 0.900. The number of nitrogens with zero attached hydrogens (tertiary/aromatic N) is 2. The zero-order valence-electron chi connectivity index (χ0n) is 16.0. The van der Waals surface area contributed by atoms with Gasteiger partial charge in [0.05, 0.1) is 0 Å². The molecule has 4 rings (SSSR count). The maximum absolute atomic E-state index is 13.1. The fourth-order valence-corrected chi connectivity index (χ4v) is 5.23. The number of likely N-dealkylation sites (tertiary alicyclic amines) is 2. The number of amides is 2. The summed E-state index contributed by atoms with van der Waals surface area (Å²) in [5.41, 5.74) is -0.531. The predicted molar refractivity (Wildman–Crippen MR) is 96.6 cm³/mol. The summed E-state index contributed by atoms with van der Waals surface area (Å²) in [6.07, 6.45) is 7.77. The zero-order chi connectivity index (χ0) is 18.2. The van der Waals surface area contributed by atoms with Crippen molar-refractivity contribution in [2.24, 2.45) is 11.3 Å². The normalized spacial score (nSPS) is 30.3. The Balaban J connectivity index is 1.33. The smallest absolute Gasteiger partial charge is 0.254 e. The van der Waals surface area contributed by atoms with Crippen LogP contribution in [-0.2, 0) is 19.1 Å². The minimum atomic E-state index is -0.699. The van der Waals surface area contributed by atoms with Crippen molar-refractivity contribution in [3.05, 3.63) is 0 Å². The standard InChI is InChI=1S/C20H32N2O4/c1-25-20(7-13-26-14-8-20)18(24)22-11-5-19(6-12-22)15-16(19)17(23)21-9-3-2-4-10-21/h16H,2-15H2,1H3. The Bertz CT molecular complexity index is 544. The Hall–Kier alpha value is -1.14. The van der Waals surface area contributed by atoms with Crippen LogP contribution in [0.3, 0.4) is 0 Å². The number of ether oxygens (including phenoxy) is 2. The number of rotatable bonds is 3. The van der Waals surface area contributed by atoms with Crippen LogP contribution in [0.25, 0.3) is 0 Å². The average Bonchev–Trinajstić information content (AvgIpc) is 3.41. The second-order valence-electron chi connectivity index (χ2n) is 8.61. The number of carbonyl (C=O) groups is 2. The lowest BCUT2D eigenvalue weighted by molar-refractivity contribution is -0.167. The summed E-state index contributed by atoms with van der Waals surface area (Å²) in [6, 6.07) is 0. The van der Waals surface area contributed by atoms with Crippen LogP contribution in [0.2, 0.25) is 0 Å². The van der Waals surface area contributed by atoms with Crippen LogP contribution in [0.4, 0.5) is 0 Å². The van der Waals surface area contributed by atoms with Gasteiger partial charge >= 0.3 is 0 Å². The molecular weight excluding hydrogens is 332 g/mol. The van der Waals surface area contributed by atoms with E-state index in [0.29, 0.717) is 32.0 Å². The van der Waals surface area contributed by atoms with E-state index in [0.717, 1.165) is 58.3 Å². The zero-order valence-corrected chi connectivity index (χ0v) is 16.0. The third kappa shape index (κ3) is 3.15. The van der Waals surface area contributed by atoms with Gasteiger partial charge in [-0.2, -0.15) is 0 Å². The molecule has 0 bridgehead atoms. The van der Waals surface area contributed by atoms with Gasteiger partial charge in [-0.25, -0.2) is 0 Å². The summed E-state index contributed by atoms with van der Waals surface area (Å²) in [4.78, 5) is 29.9. The van der Waals surface area contributed by atoms with E-state index >= 15 is 0 Å². The molecule has 1 spiro atoms. The van der Waals surface area contributed by atoms with Crippen molar-refractivity contribution in [2.75, 3.05) is 46.5 Å². The molecule has 3 aliphatic heterocycles. The molecule has 146 valence electrons. The fourth-order valence-electron chi connectivity index (χ4n) is 5.23. The summed E-state index contributed by atoms with van der Waals surface area (Å²) in [7, 11) is 1.64. The molecule has 1 atom stereocenters. The molecule has 0 aromatic rings. The van der Waals surface area contributed by atoms with Crippen molar-refractivity contribution < 1.29 is 19.1 Å². The number of methoxy groups -OCH3 is 1. The molecule has 4 aliphatic rings. The van der Waals surface area contributed by atoms with Gasteiger partial charge in [-0.3, -0.25) is 9.59 Å². The number of piperidine rings is 2. The molecule has 1 unspecified atom stereocenters. The van der Waals surface area contributed by atoms with E-state index in [-0.39, 0.29) is 17.2 Å². The van der Waals surface area contributed by atoms with Crippen molar-refractivity contribution >= 4 is 11.8 Å². The molecule has 0 N–H and O–H groups in total. The summed E-state index contributed by atoms with van der Waals surface area (Å²) in [5, 5.41) is 0. The molecule has 6 heteroatoms. The van der Waals surface area contributed by atoms with Gasteiger partial charge in [0.25, 0.3) is 5.91 Å². The molecule has 0 aromatic carbocycles. The third-order valence-corrected chi connectivity index (χ3v) is 7.28. The van der Waals surface area contributed by atoms with E-state index in [1.54, 1.807) is 7.11 Å². The lowest BCUT2D eigenvalue weighted by atomic mass is 9.87. The second-order valence-corrected chi connectivity index (χ2v) is 8.61. The molecule has 2 amide bonds.